The zero-order valence-electron chi connectivity index (χ0n) is 14.4. The molecule has 0 radical (unpaired) electrons. The van der Waals surface area contributed by atoms with Gasteiger partial charge < -0.3 is 5.32 Å². The highest BCUT2D eigenvalue weighted by Crippen LogP contribution is 2.23. The van der Waals surface area contributed by atoms with E-state index in [-0.39, 0.29) is 11.8 Å². The van der Waals surface area contributed by atoms with E-state index in [0.29, 0.717) is 12.4 Å². The van der Waals surface area contributed by atoms with Crippen LogP contribution in [0.4, 0.5) is 20.7 Å². The molecule has 4 aromatic rings. The molecule has 0 spiro atoms. The largest absolute Gasteiger partial charge is 0.324 e. The van der Waals surface area contributed by atoms with E-state index in [2.05, 4.69) is 15.7 Å². The normalized spacial score (nSPS) is 10.7. The van der Waals surface area contributed by atoms with E-state index in [4.69, 9.17) is 0 Å². The van der Waals surface area contributed by atoms with E-state index >= 15 is 0 Å². The van der Waals surface area contributed by atoms with Gasteiger partial charge in [-0.3, -0.25) is 10.00 Å². The molecule has 2 amide bonds. The van der Waals surface area contributed by atoms with Crippen LogP contribution in [0.2, 0.25) is 0 Å². The Balaban J connectivity index is 1.43. The molecule has 0 aliphatic carbocycles. The van der Waals surface area contributed by atoms with Crippen LogP contribution in [0.5, 0.6) is 0 Å². The van der Waals surface area contributed by atoms with Crippen molar-refractivity contribution in [2.24, 2.45) is 0 Å². The van der Waals surface area contributed by atoms with Crippen molar-refractivity contribution in [3.63, 3.8) is 0 Å². The fourth-order valence-corrected chi connectivity index (χ4v) is 2.94. The van der Waals surface area contributed by atoms with Gasteiger partial charge in [-0.2, -0.15) is 5.10 Å². The Morgan fingerprint density at radius 2 is 1.78 bits per heavy atom. The van der Waals surface area contributed by atoms with E-state index in [0.717, 1.165) is 22.0 Å². The van der Waals surface area contributed by atoms with Crippen LogP contribution in [-0.4, -0.2) is 15.8 Å². The topological polar surface area (TPSA) is 59.0 Å². The fraction of sp³-hybridized carbons (Fsp3) is 0.0476. The minimum absolute atomic E-state index is 0.285. The van der Waals surface area contributed by atoms with Crippen molar-refractivity contribution in [1.82, 2.24) is 9.78 Å². The van der Waals surface area contributed by atoms with Gasteiger partial charge in [0.1, 0.15) is 5.82 Å². The van der Waals surface area contributed by atoms with Crippen molar-refractivity contribution in [2.45, 2.75) is 6.54 Å². The third-order valence-corrected chi connectivity index (χ3v) is 4.15. The van der Waals surface area contributed by atoms with E-state index in [1.165, 1.54) is 12.1 Å². The molecule has 0 bridgehead atoms. The molecule has 134 valence electrons. The number of carbonyl (C=O) groups is 1. The average Bonchev–Trinajstić information content (AvgIpc) is 3.08. The summed E-state index contributed by atoms with van der Waals surface area (Å²) in [7, 11) is 0. The minimum atomic E-state index is -0.373. The maximum atomic E-state index is 13.3. The SMILES string of the molecule is O=C(Nc1ccn(Cc2cccc(F)c2)n1)Nc1cccc2ccccc12. The maximum absolute atomic E-state index is 13.3. The Labute approximate surface area is 155 Å². The summed E-state index contributed by atoms with van der Waals surface area (Å²) in [5.74, 6) is 0.136. The number of aromatic nitrogens is 2. The number of hydrogen-bond donors (Lipinski definition) is 2. The molecule has 0 fully saturated rings. The van der Waals surface area contributed by atoms with Crippen LogP contribution in [0.25, 0.3) is 10.8 Å². The monoisotopic (exact) mass is 360 g/mol. The van der Waals surface area contributed by atoms with Gasteiger partial charge in [-0.1, -0.05) is 48.5 Å². The third kappa shape index (κ3) is 3.95. The molecule has 5 nitrogen and oxygen atoms in total. The summed E-state index contributed by atoms with van der Waals surface area (Å²) in [5.41, 5.74) is 1.52. The number of nitrogens with zero attached hydrogens (tertiary/aromatic N) is 2. The Bertz CT molecular complexity index is 1100. The number of anilines is 2. The molecule has 0 aliphatic heterocycles. The van der Waals surface area contributed by atoms with E-state index in [9.17, 15) is 9.18 Å². The first-order valence-electron chi connectivity index (χ1n) is 8.51. The van der Waals surface area contributed by atoms with Crippen LogP contribution < -0.4 is 10.6 Å². The summed E-state index contributed by atoms with van der Waals surface area (Å²) in [4.78, 5) is 12.3. The molecule has 1 heterocycles. The lowest BCUT2D eigenvalue weighted by Crippen LogP contribution is -2.20. The Morgan fingerprint density at radius 3 is 2.67 bits per heavy atom. The molecular formula is C21H17FN4O. The van der Waals surface area contributed by atoms with Crippen LogP contribution in [0.3, 0.4) is 0 Å². The number of carbonyl (C=O) groups excluding carboxylic acids is 1. The van der Waals surface area contributed by atoms with Crippen molar-refractivity contribution >= 4 is 28.3 Å². The van der Waals surface area contributed by atoms with E-state index in [1.807, 2.05) is 48.5 Å². The molecule has 6 heteroatoms. The molecule has 4 rings (SSSR count). The van der Waals surface area contributed by atoms with E-state index < -0.39 is 0 Å². The second kappa shape index (κ2) is 7.29. The fourth-order valence-electron chi connectivity index (χ4n) is 2.94. The number of fused-ring (bicyclic) bond motifs is 1. The van der Waals surface area contributed by atoms with Gasteiger partial charge in [0, 0.05) is 17.6 Å². The zero-order valence-corrected chi connectivity index (χ0v) is 14.4. The van der Waals surface area contributed by atoms with Crippen LogP contribution >= 0.6 is 0 Å². The van der Waals surface area contributed by atoms with Gasteiger partial charge >= 0.3 is 6.03 Å². The van der Waals surface area contributed by atoms with Gasteiger partial charge in [0.15, 0.2) is 5.82 Å². The van der Waals surface area contributed by atoms with Crippen LogP contribution in [-0.2, 0) is 6.54 Å². The van der Waals surface area contributed by atoms with Crippen molar-refractivity contribution in [3.8, 4) is 0 Å². The molecule has 3 aromatic carbocycles. The predicted octanol–water partition coefficient (Wildman–Crippen LogP) is 4.87. The standard InChI is InChI=1S/C21H17FN4O/c22-17-8-3-5-15(13-17)14-26-12-11-20(25-26)24-21(27)23-19-10-4-7-16-6-1-2-9-18(16)19/h1-13H,14H2,(H2,23,24,25,27). The first-order valence-corrected chi connectivity index (χ1v) is 8.51. The summed E-state index contributed by atoms with van der Waals surface area (Å²) in [5, 5.41) is 11.9. The Kier molecular flexibility index (Phi) is 4.53. The Hall–Kier alpha value is -3.67. The molecule has 0 saturated heterocycles. The molecule has 2 N–H and O–H groups in total. The van der Waals surface area contributed by atoms with E-state index in [1.54, 1.807) is 23.0 Å². The molecule has 0 unspecified atom stereocenters. The van der Waals surface area contributed by atoms with Gasteiger partial charge in [0.2, 0.25) is 0 Å². The van der Waals surface area contributed by atoms with Crippen molar-refractivity contribution in [1.29, 1.82) is 0 Å². The summed E-state index contributed by atoms with van der Waals surface area (Å²) < 4.78 is 14.9. The van der Waals surface area contributed by atoms with Gasteiger partial charge in [-0.15, -0.1) is 0 Å². The van der Waals surface area contributed by atoms with Crippen LogP contribution in [0, 0.1) is 5.82 Å². The number of benzene rings is 3. The number of hydrogen-bond acceptors (Lipinski definition) is 2. The van der Waals surface area contributed by atoms with Crippen molar-refractivity contribution in [2.75, 3.05) is 10.6 Å². The number of rotatable bonds is 4. The second-order valence-electron chi connectivity index (χ2n) is 6.13. The van der Waals surface area contributed by atoms with Crippen molar-refractivity contribution < 1.29 is 9.18 Å². The van der Waals surface area contributed by atoms with Crippen molar-refractivity contribution in [3.05, 3.63) is 90.4 Å². The quantitative estimate of drug-likeness (QED) is 0.546. The molecule has 0 atom stereocenters. The third-order valence-electron chi connectivity index (χ3n) is 4.15. The van der Waals surface area contributed by atoms with Gasteiger partial charge in [0.25, 0.3) is 0 Å². The lowest BCUT2D eigenvalue weighted by Gasteiger charge is -2.09. The smallest absolute Gasteiger partial charge is 0.307 e. The first-order chi connectivity index (χ1) is 13.2. The second-order valence-corrected chi connectivity index (χ2v) is 6.13. The summed E-state index contributed by atoms with van der Waals surface area (Å²) in [6.07, 6.45) is 1.73. The highest BCUT2D eigenvalue weighted by atomic mass is 19.1. The highest BCUT2D eigenvalue weighted by molar-refractivity contribution is 6.05. The summed E-state index contributed by atoms with van der Waals surface area (Å²) >= 11 is 0. The van der Waals surface area contributed by atoms with Crippen LogP contribution in [0.15, 0.2) is 79.0 Å². The molecule has 1 aromatic heterocycles. The van der Waals surface area contributed by atoms with Gasteiger partial charge in [-0.05, 0) is 29.1 Å². The lowest BCUT2D eigenvalue weighted by molar-refractivity contribution is 0.262. The highest BCUT2D eigenvalue weighted by Gasteiger charge is 2.08. The summed E-state index contributed by atoms with van der Waals surface area (Å²) in [6, 6.07) is 21.2. The molecular weight excluding hydrogens is 343 g/mol. The number of nitrogens with one attached hydrogen (secondary N) is 2. The molecule has 0 saturated carbocycles. The average molecular weight is 360 g/mol. The maximum Gasteiger partial charge on any atom is 0.324 e. The number of amides is 2. The van der Waals surface area contributed by atoms with Gasteiger partial charge in [-0.25, -0.2) is 9.18 Å². The number of urea groups is 1. The van der Waals surface area contributed by atoms with Crippen LogP contribution in [0.1, 0.15) is 5.56 Å². The van der Waals surface area contributed by atoms with Gasteiger partial charge in [0.05, 0.1) is 12.2 Å². The lowest BCUT2D eigenvalue weighted by atomic mass is 10.1. The summed E-state index contributed by atoms with van der Waals surface area (Å²) in [6.45, 7) is 0.421. The first kappa shape index (κ1) is 16.8. The minimum Gasteiger partial charge on any atom is -0.307 e. The predicted molar refractivity (Wildman–Crippen MR) is 104 cm³/mol. The Morgan fingerprint density at radius 1 is 0.963 bits per heavy atom. The molecule has 0 aliphatic rings. The molecule has 27 heavy (non-hydrogen) atoms. The zero-order chi connectivity index (χ0) is 18.6. The number of halogens is 1.